The highest BCUT2D eigenvalue weighted by atomic mass is 127. The summed E-state index contributed by atoms with van der Waals surface area (Å²) >= 11 is 5.25. The van der Waals surface area contributed by atoms with E-state index in [2.05, 4.69) is 21.2 Å². The van der Waals surface area contributed by atoms with Gasteiger partial charge >= 0.3 is 0 Å². The van der Waals surface area contributed by atoms with Crippen LogP contribution in [0.1, 0.15) is 17.3 Å². The SMILES string of the molecule is CCOc1ccc(Br)cc1NC(=O)c1ccc([N+](=O)[O-])cc1I. The van der Waals surface area contributed by atoms with Crippen LogP contribution >= 0.6 is 38.5 Å². The molecule has 8 heteroatoms. The largest absolute Gasteiger partial charge is 0.492 e. The molecule has 0 atom stereocenters. The van der Waals surface area contributed by atoms with Crippen molar-refractivity contribution in [3.63, 3.8) is 0 Å². The summed E-state index contributed by atoms with van der Waals surface area (Å²) in [6, 6.07) is 9.41. The van der Waals surface area contributed by atoms with E-state index < -0.39 is 4.92 Å². The summed E-state index contributed by atoms with van der Waals surface area (Å²) in [4.78, 5) is 22.7. The maximum absolute atomic E-state index is 12.4. The maximum atomic E-state index is 12.4. The van der Waals surface area contributed by atoms with E-state index >= 15 is 0 Å². The van der Waals surface area contributed by atoms with E-state index in [1.165, 1.54) is 18.2 Å². The number of nitro groups is 1. The molecule has 23 heavy (non-hydrogen) atoms. The predicted molar refractivity (Wildman–Crippen MR) is 99.1 cm³/mol. The number of nitro benzene ring substituents is 1. The summed E-state index contributed by atoms with van der Waals surface area (Å²) in [6.45, 7) is 2.33. The molecule has 2 aromatic carbocycles. The molecular formula is C15H12BrIN2O4. The molecule has 2 rings (SSSR count). The van der Waals surface area contributed by atoms with Gasteiger partial charge in [0.05, 0.1) is 22.8 Å². The molecule has 2 aromatic rings. The summed E-state index contributed by atoms with van der Waals surface area (Å²) in [7, 11) is 0. The standard InChI is InChI=1S/C15H12BrIN2O4/c1-2-23-14-6-3-9(16)7-13(14)18-15(20)11-5-4-10(19(21)22)8-12(11)17/h3-8H,2H2,1H3,(H,18,20). The van der Waals surface area contributed by atoms with Crippen molar-refractivity contribution in [3.8, 4) is 5.75 Å². The molecule has 0 fully saturated rings. The minimum atomic E-state index is -0.495. The third kappa shape index (κ3) is 4.41. The van der Waals surface area contributed by atoms with Crippen LogP contribution in [0.3, 0.4) is 0 Å². The number of rotatable bonds is 5. The Kier molecular flexibility index (Phi) is 5.94. The second-order valence-corrected chi connectivity index (χ2v) is 6.53. The molecule has 0 unspecified atom stereocenters. The van der Waals surface area contributed by atoms with Crippen LogP contribution in [0.4, 0.5) is 11.4 Å². The monoisotopic (exact) mass is 490 g/mol. The Morgan fingerprint density at radius 1 is 1.35 bits per heavy atom. The van der Waals surface area contributed by atoms with Gasteiger partial charge < -0.3 is 10.1 Å². The molecule has 120 valence electrons. The zero-order chi connectivity index (χ0) is 17.0. The maximum Gasteiger partial charge on any atom is 0.270 e. The fourth-order valence-corrected chi connectivity index (χ4v) is 2.98. The Balaban J connectivity index is 2.29. The second kappa shape index (κ2) is 7.73. The highest BCUT2D eigenvalue weighted by Gasteiger charge is 2.16. The number of benzene rings is 2. The number of non-ortho nitro benzene ring substituents is 1. The molecular weight excluding hydrogens is 479 g/mol. The lowest BCUT2D eigenvalue weighted by atomic mass is 10.2. The van der Waals surface area contributed by atoms with Gasteiger partial charge in [-0.2, -0.15) is 0 Å². The normalized spacial score (nSPS) is 10.2. The minimum Gasteiger partial charge on any atom is -0.492 e. The molecule has 0 bridgehead atoms. The van der Waals surface area contributed by atoms with Crippen molar-refractivity contribution in [2.75, 3.05) is 11.9 Å². The van der Waals surface area contributed by atoms with Crippen LogP contribution in [0.5, 0.6) is 5.75 Å². The van der Waals surface area contributed by atoms with Crippen LogP contribution in [0.2, 0.25) is 0 Å². The van der Waals surface area contributed by atoms with Crippen molar-refractivity contribution >= 4 is 55.8 Å². The average molecular weight is 491 g/mol. The van der Waals surface area contributed by atoms with Crippen LogP contribution in [0, 0.1) is 13.7 Å². The van der Waals surface area contributed by atoms with Gasteiger partial charge in [-0.1, -0.05) is 15.9 Å². The summed E-state index contributed by atoms with van der Waals surface area (Å²) in [5, 5.41) is 13.5. The molecule has 1 N–H and O–H groups in total. The molecule has 6 nitrogen and oxygen atoms in total. The van der Waals surface area contributed by atoms with E-state index in [1.807, 2.05) is 35.6 Å². The Morgan fingerprint density at radius 3 is 2.70 bits per heavy atom. The van der Waals surface area contributed by atoms with Gasteiger partial charge in [0.15, 0.2) is 0 Å². The van der Waals surface area contributed by atoms with Crippen molar-refractivity contribution in [1.82, 2.24) is 0 Å². The first kappa shape index (κ1) is 17.7. The van der Waals surface area contributed by atoms with Crippen molar-refractivity contribution in [1.29, 1.82) is 0 Å². The number of carbonyl (C=O) groups is 1. The molecule has 0 aromatic heterocycles. The first-order valence-corrected chi connectivity index (χ1v) is 8.47. The van der Waals surface area contributed by atoms with Gasteiger partial charge in [0.2, 0.25) is 0 Å². The van der Waals surface area contributed by atoms with E-state index in [0.29, 0.717) is 27.2 Å². The molecule has 0 aliphatic carbocycles. The van der Waals surface area contributed by atoms with Gasteiger partial charge in [-0.25, -0.2) is 0 Å². The number of ether oxygens (including phenoxy) is 1. The Labute approximate surface area is 154 Å². The van der Waals surface area contributed by atoms with Crippen LogP contribution in [-0.4, -0.2) is 17.4 Å². The summed E-state index contributed by atoms with van der Waals surface area (Å²) < 4.78 is 6.79. The smallest absolute Gasteiger partial charge is 0.270 e. The van der Waals surface area contributed by atoms with Crippen LogP contribution in [0.15, 0.2) is 40.9 Å². The highest BCUT2D eigenvalue weighted by Crippen LogP contribution is 2.29. The zero-order valence-corrected chi connectivity index (χ0v) is 15.8. The van der Waals surface area contributed by atoms with Gasteiger partial charge in [0.1, 0.15) is 5.75 Å². The summed E-state index contributed by atoms with van der Waals surface area (Å²) in [6.07, 6.45) is 0. The molecule has 0 aliphatic heterocycles. The second-order valence-electron chi connectivity index (χ2n) is 4.45. The van der Waals surface area contributed by atoms with E-state index in [-0.39, 0.29) is 11.6 Å². The first-order valence-electron chi connectivity index (χ1n) is 6.60. The van der Waals surface area contributed by atoms with Crippen molar-refractivity contribution in [3.05, 3.63) is 60.1 Å². The first-order chi connectivity index (χ1) is 10.9. The number of nitrogens with one attached hydrogen (secondary N) is 1. The number of hydrogen-bond donors (Lipinski definition) is 1. The highest BCUT2D eigenvalue weighted by molar-refractivity contribution is 14.1. The van der Waals surface area contributed by atoms with Gasteiger partial charge in [-0.15, -0.1) is 0 Å². The van der Waals surface area contributed by atoms with Crippen molar-refractivity contribution in [2.24, 2.45) is 0 Å². The van der Waals surface area contributed by atoms with Gasteiger partial charge in [-0.3, -0.25) is 14.9 Å². The topological polar surface area (TPSA) is 81.5 Å². The predicted octanol–water partition coefficient (Wildman–Crippen LogP) is 4.61. The lowest BCUT2D eigenvalue weighted by molar-refractivity contribution is -0.384. The molecule has 0 saturated heterocycles. The number of halogens is 2. The van der Waals surface area contributed by atoms with Gasteiger partial charge in [-0.05, 0) is 53.8 Å². The van der Waals surface area contributed by atoms with Crippen LogP contribution < -0.4 is 10.1 Å². The number of hydrogen-bond acceptors (Lipinski definition) is 4. The van der Waals surface area contributed by atoms with Crippen LogP contribution in [-0.2, 0) is 0 Å². The number of anilines is 1. The van der Waals surface area contributed by atoms with E-state index in [0.717, 1.165) is 4.47 Å². The fourth-order valence-electron chi connectivity index (χ4n) is 1.87. The Hall–Kier alpha value is -1.68. The lowest BCUT2D eigenvalue weighted by Gasteiger charge is -2.12. The van der Waals surface area contributed by atoms with Gasteiger partial charge in [0, 0.05) is 20.2 Å². The average Bonchev–Trinajstić information content (AvgIpc) is 2.49. The number of nitrogens with zero attached hydrogens (tertiary/aromatic N) is 1. The number of amides is 1. The van der Waals surface area contributed by atoms with Crippen molar-refractivity contribution < 1.29 is 14.5 Å². The molecule has 0 aliphatic rings. The zero-order valence-electron chi connectivity index (χ0n) is 12.0. The minimum absolute atomic E-state index is 0.0524. The Morgan fingerprint density at radius 2 is 2.09 bits per heavy atom. The summed E-state index contributed by atoms with van der Waals surface area (Å²) in [5.41, 5.74) is 0.836. The van der Waals surface area contributed by atoms with Crippen LogP contribution in [0.25, 0.3) is 0 Å². The molecule has 0 saturated carbocycles. The van der Waals surface area contributed by atoms with Crippen molar-refractivity contribution in [2.45, 2.75) is 6.92 Å². The lowest BCUT2D eigenvalue weighted by Crippen LogP contribution is -2.14. The third-order valence-electron chi connectivity index (χ3n) is 2.90. The van der Waals surface area contributed by atoms with E-state index in [9.17, 15) is 14.9 Å². The molecule has 0 spiro atoms. The molecule has 0 heterocycles. The Bertz CT molecular complexity index is 767. The van der Waals surface area contributed by atoms with E-state index in [1.54, 1.807) is 12.1 Å². The third-order valence-corrected chi connectivity index (χ3v) is 4.28. The molecule has 0 radical (unpaired) electrons. The number of carbonyl (C=O) groups excluding carboxylic acids is 1. The van der Waals surface area contributed by atoms with Gasteiger partial charge in [0.25, 0.3) is 11.6 Å². The molecule has 1 amide bonds. The quantitative estimate of drug-likeness (QED) is 0.377. The fraction of sp³-hybridized carbons (Fsp3) is 0.133. The summed E-state index contributed by atoms with van der Waals surface area (Å²) in [5.74, 6) is 0.198. The van der Waals surface area contributed by atoms with E-state index in [4.69, 9.17) is 4.74 Å².